The van der Waals surface area contributed by atoms with Crippen LogP contribution in [0.25, 0.3) is 0 Å². The summed E-state index contributed by atoms with van der Waals surface area (Å²) in [5, 5.41) is 14.1. The van der Waals surface area contributed by atoms with E-state index < -0.39 is 12.0 Å². The number of aromatic nitrogens is 1. The van der Waals surface area contributed by atoms with Gasteiger partial charge in [0, 0.05) is 10.9 Å². The van der Waals surface area contributed by atoms with E-state index in [1.807, 2.05) is 0 Å². The molecule has 0 saturated heterocycles. The van der Waals surface area contributed by atoms with E-state index in [1.54, 1.807) is 5.38 Å². The Morgan fingerprint density at radius 3 is 2.70 bits per heavy atom. The minimum atomic E-state index is -2.74. The van der Waals surface area contributed by atoms with E-state index in [0.717, 1.165) is 0 Å². The Bertz CT molecular complexity index is 703. The van der Waals surface area contributed by atoms with Gasteiger partial charge in [0.05, 0.1) is 25.3 Å². The predicted molar refractivity (Wildman–Crippen MR) is 79.6 cm³/mol. The molecule has 0 radical (unpaired) electrons. The van der Waals surface area contributed by atoms with Gasteiger partial charge >= 0.3 is 0 Å². The van der Waals surface area contributed by atoms with Gasteiger partial charge in [-0.05, 0) is 24.3 Å². The fourth-order valence-electron chi connectivity index (χ4n) is 1.93. The van der Waals surface area contributed by atoms with E-state index >= 15 is 0 Å². The standard InChI is InChI=1S/C15H14F2N2O3S/c16-15(17)5-12(15)22-11-3-1-9(2-4-11)14(21)18-6-13-19-10(7-20)8-23-13/h1-4,8,12,20H,5-7H2,(H,18,21)/t12-/m0/s1. The molecule has 1 saturated carbocycles. The van der Waals surface area contributed by atoms with Crippen LogP contribution in [0.15, 0.2) is 29.6 Å². The van der Waals surface area contributed by atoms with E-state index in [4.69, 9.17) is 9.84 Å². The predicted octanol–water partition coefficient (Wildman–Crippen LogP) is 2.35. The fourth-order valence-corrected chi connectivity index (χ4v) is 2.65. The summed E-state index contributed by atoms with van der Waals surface area (Å²) in [6, 6.07) is 6.03. The number of alkyl halides is 2. The van der Waals surface area contributed by atoms with Gasteiger partial charge < -0.3 is 15.2 Å². The molecule has 2 N–H and O–H groups in total. The van der Waals surface area contributed by atoms with Crippen LogP contribution in [0, 0.1) is 0 Å². The van der Waals surface area contributed by atoms with E-state index in [2.05, 4.69) is 10.3 Å². The van der Waals surface area contributed by atoms with Gasteiger partial charge in [0.2, 0.25) is 0 Å². The third-order valence-electron chi connectivity index (χ3n) is 3.32. The highest BCUT2D eigenvalue weighted by molar-refractivity contribution is 7.09. The van der Waals surface area contributed by atoms with Crippen LogP contribution in [0.2, 0.25) is 0 Å². The van der Waals surface area contributed by atoms with Crippen molar-refractivity contribution in [2.45, 2.75) is 31.6 Å². The zero-order chi connectivity index (χ0) is 16.4. The summed E-state index contributed by atoms with van der Waals surface area (Å²) >= 11 is 1.35. The summed E-state index contributed by atoms with van der Waals surface area (Å²) in [6.07, 6.45) is -1.33. The highest BCUT2D eigenvalue weighted by Crippen LogP contribution is 2.44. The smallest absolute Gasteiger partial charge is 0.288 e. The average Bonchev–Trinajstić information content (AvgIpc) is 2.95. The topological polar surface area (TPSA) is 71.5 Å². The third kappa shape index (κ3) is 3.83. The molecule has 1 fully saturated rings. The first-order valence-corrected chi connectivity index (χ1v) is 7.83. The average molecular weight is 340 g/mol. The Kier molecular flexibility index (Phi) is 4.27. The van der Waals surface area contributed by atoms with Crippen molar-refractivity contribution in [3.8, 4) is 5.75 Å². The lowest BCUT2D eigenvalue weighted by Crippen LogP contribution is -2.22. The molecule has 1 atom stereocenters. The fraction of sp³-hybridized carbons (Fsp3) is 0.333. The van der Waals surface area contributed by atoms with Gasteiger partial charge in [0.25, 0.3) is 11.8 Å². The van der Waals surface area contributed by atoms with E-state index in [9.17, 15) is 13.6 Å². The van der Waals surface area contributed by atoms with Gasteiger partial charge in [-0.3, -0.25) is 4.79 Å². The van der Waals surface area contributed by atoms with E-state index in [-0.39, 0.29) is 25.5 Å². The number of rotatable bonds is 6. The summed E-state index contributed by atoms with van der Waals surface area (Å²) in [4.78, 5) is 16.1. The summed E-state index contributed by atoms with van der Waals surface area (Å²) in [5.41, 5.74) is 0.969. The highest BCUT2D eigenvalue weighted by atomic mass is 32.1. The molecule has 5 nitrogen and oxygen atoms in total. The summed E-state index contributed by atoms with van der Waals surface area (Å²) in [7, 11) is 0. The Morgan fingerprint density at radius 2 is 2.13 bits per heavy atom. The Hall–Kier alpha value is -2.06. The molecule has 1 aliphatic rings. The van der Waals surface area contributed by atoms with Crippen LogP contribution in [0.4, 0.5) is 8.78 Å². The second kappa shape index (κ2) is 6.21. The summed E-state index contributed by atoms with van der Waals surface area (Å²) in [6.45, 7) is 0.127. The monoisotopic (exact) mass is 340 g/mol. The van der Waals surface area contributed by atoms with Gasteiger partial charge in [0.1, 0.15) is 10.8 Å². The number of thiazole rings is 1. The highest BCUT2D eigenvalue weighted by Gasteiger charge is 2.59. The molecule has 1 aromatic carbocycles. The quantitative estimate of drug-likeness (QED) is 0.847. The molecule has 1 aromatic heterocycles. The molecule has 3 rings (SSSR count). The Labute approximate surface area is 134 Å². The third-order valence-corrected chi connectivity index (χ3v) is 4.22. The van der Waals surface area contributed by atoms with Crippen molar-refractivity contribution in [3.63, 3.8) is 0 Å². The number of carbonyl (C=O) groups excluding carboxylic acids is 1. The maximum atomic E-state index is 12.8. The van der Waals surface area contributed by atoms with Crippen LogP contribution in [-0.4, -0.2) is 28.0 Å². The molecule has 0 bridgehead atoms. The maximum absolute atomic E-state index is 12.8. The first-order chi connectivity index (χ1) is 11.0. The van der Waals surface area contributed by atoms with Crippen molar-refractivity contribution in [2.75, 3.05) is 0 Å². The number of hydrogen-bond acceptors (Lipinski definition) is 5. The zero-order valence-electron chi connectivity index (χ0n) is 12.0. The molecule has 122 valence electrons. The van der Waals surface area contributed by atoms with Crippen molar-refractivity contribution < 1.29 is 23.4 Å². The van der Waals surface area contributed by atoms with Crippen LogP contribution in [0.3, 0.4) is 0 Å². The molecule has 23 heavy (non-hydrogen) atoms. The molecule has 2 aromatic rings. The van der Waals surface area contributed by atoms with Crippen LogP contribution in [0.1, 0.15) is 27.5 Å². The first kappa shape index (κ1) is 15.8. The van der Waals surface area contributed by atoms with Crippen molar-refractivity contribution >= 4 is 17.2 Å². The normalized spacial score (nSPS) is 18.5. The van der Waals surface area contributed by atoms with Gasteiger partial charge in [0.15, 0.2) is 6.10 Å². The number of aliphatic hydroxyl groups excluding tert-OH is 1. The molecule has 1 aliphatic carbocycles. The number of hydrogen-bond donors (Lipinski definition) is 2. The van der Waals surface area contributed by atoms with Crippen LogP contribution < -0.4 is 10.1 Å². The van der Waals surface area contributed by atoms with Gasteiger partial charge in [-0.25, -0.2) is 13.8 Å². The van der Waals surface area contributed by atoms with E-state index in [1.165, 1.54) is 35.6 Å². The first-order valence-electron chi connectivity index (χ1n) is 6.95. The van der Waals surface area contributed by atoms with E-state index in [0.29, 0.717) is 22.0 Å². The number of halogens is 2. The number of aliphatic hydroxyl groups is 1. The molecule has 0 aliphatic heterocycles. The lowest BCUT2D eigenvalue weighted by molar-refractivity contribution is 0.0665. The molecular formula is C15H14F2N2O3S. The number of benzene rings is 1. The van der Waals surface area contributed by atoms with Crippen molar-refractivity contribution in [1.29, 1.82) is 0 Å². The number of ether oxygens (including phenoxy) is 1. The second-order valence-corrected chi connectivity index (χ2v) is 6.11. The van der Waals surface area contributed by atoms with Gasteiger partial charge in [-0.15, -0.1) is 11.3 Å². The largest absolute Gasteiger partial charge is 0.484 e. The van der Waals surface area contributed by atoms with Crippen LogP contribution >= 0.6 is 11.3 Å². The van der Waals surface area contributed by atoms with Crippen LogP contribution in [-0.2, 0) is 13.2 Å². The van der Waals surface area contributed by atoms with Gasteiger partial charge in [-0.2, -0.15) is 0 Å². The molecule has 0 unspecified atom stereocenters. The van der Waals surface area contributed by atoms with Gasteiger partial charge in [-0.1, -0.05) is 0 Å². The molecule has 0 spiro atoms. The summed E-state index contributed by atoms with van der Waals surface area (Å²) < 4.78 is 30.6. The number of amides is 1. The van der Waals surface area contributed by atoms with Crippen molar-refractivity contribution in [1.82, 2.24) is 10.3 Å². The van der Waals surface area contributed by atoms with Crippen molar-refractivity contribution in [3.05, 3.63) is 45.9 Å². The minimum Gasteiger partial charge on any atom is -0.484 e. The number of carbonyl (C=O) groups is 1. The SMILES string of the molecule is O=C(NCc1nc(CO)cs1)c1ccc(O[C@H]2CC2(F)F)cc1. The molecular weight excluding hydrogens is 326 g/mol. The zero-order valence-corrected chi connectivity index (χ0v) is 12.8. The second-order valence-electron chi connectivity index (χ2n) is 5.17. The Morgan fingerprint density at radius 1 is 1.43 bits per heavy atom. The lowest BCUT2D eigenvalue weighted by Gasteiger charge is -2.07. The Balaban J connectivity index is 1.53. The minimum absolute atomic E-state index is 0.133. The van der Waals surface area contributed by atoms with Crippen molar-refractivity contribution in [2.24, 2.45) is 0 Å². The van der Waals surface area contributed by atoms with Crippen LogP contribution in [0.5, 0.6) is 5.75 Å². The molecule has 8 heteroatoms. The molecule has 1 heterocycles. The number of nitrogens with one attached hydrogen (secondary N) is 1. The lowest BCUT2D eigenvalue weighted by atomic mass is 10.2. The molecule has 1 amide bonds. The maximum Gasteiger partial charge on any atom is 0.288 e. The summed E-state index contributed by atoms with van der Waals surface area (Å²) in [5.74, 6) is -2.72. The number of nitrogens with zero attached hydrogens (tertiary/aromatic N) is 1.